The first-order chi connectivity index (χ1) is 10.7. The lowest BCUT2D eigenvalue weighted by Crippen LogP contribution is -2.34. The van der Waals surface area contributed by atoms with Gasteiger partial charge in [-0.1, -0.05) is 42.5 Å². The predicted molar refractivity (Wildman–Crippen MR) is 93.0 cm³/mol. The van der Waals surface area contributed by atoms with Gasteiger partial charge in [0.25, 0.3) is 0 Å². The number of ether oxygens (including phenoxy) is 2. The molecule has 2 rings (SSSR count). The zero-order valence-electron chi connectivity index (χ0n) is 13.1. The van der Waals surface area contributed by atoms with E-state index in [1.165, 1.54) is 0 Å². The van der Waals surface area contributed by atoms with Gasteiger partial charge in [-0.25, -0.2) is 0 Å². The topological polar surface area (TPSA) is 61.5 Å². The zero-order chi connectivity index (χ0) is 15.8. The summed E-state index contributed by atoms with van der Waals surface area (Å²) < 4.78 is 10.3. The van der Waals surface area contributed by atoms with Crippen molar-refractivity contribution in [2.75, 3.05) is 13.7 Å². The summed E-state index contributed by atoms with van der Waals surface area (Å²) in [6, 6.07) is 16.7. The Morgan fingerprint density at radius 2 is 1.70 bits per heavy atom. The fourth-order valence-electron chi connectivity index (χ4n) is 2.12. The van der Waals surface area contributed by atoms with E-state index in [4.69, 9.17) is 15.2 Å². The van der Waals surface area contributed by atoms with Gasteiger partial charge in [-0.05, 0) is 29.7 Å². The summed E-state index contributed by atoms with van der Waals surface area (Å²) in [6.45, 7) is 0.346. The van der Waals surface area contributed by atoms with Crippen LogP contribution in [0.5, 0.6) is 5.75 Å². The van der Waals surface area contributed by atoms with Crippen LogP contribution in [0.15, 0.2) is 54.6 Å². The molecule has 0 heterocycles. The monoisotopic (exact) mass is 335 g/mol. The number of carbonyl (C=O) groups is 1. The third kappa shape index (κ3) is 6.30. The standard InChI is InChI=1S/C18H21NO3.ClH/c1-21-16-9-7-15(8-10-16)13-17(19)18(20)22-12-11-14-5-3-2-4-6-14;/h2-10,17H,11-13,19H2,1H3;1H. The van der Waals surface area contributed by atoms with E-state index >= 15 is 0 Å². The van der Waals surface area contributed by atoms with Crippen LogP contribution in [0.3, 0.4) is 0 Å². The van der Waals surface area contributed by atoms with Crippen LogP contribution in [0.4, 0.5) is 0 Å². The van der Waals surface area contributed by atoms with E-state index in [9.17, 15) is 4.79 Å². The van der Waals surface area contributed by atoms with E-state index in [-0.39, 0.29) is 18.4 Å². The fourth-order valence-corrected chi connectivity index (χ4v) is 2.12. The Kier molecular flexibility index (Phi) is 8.16. The molecular formula is C18H22ClNO3. The Labute approximate surface area is 143 Å². The molecule has 23 heavy (non-hydrogen) atoms. The van der Waals surface area contributed by atoms with Crippen molar-refractivity contribution >= 4 is 18.4 Å². The van der Waals surface area contributed by atoms with Gasteiger partial charge in [0.1, 0.15) is 11.8 Å². The number of methoxy groups -OCH3 is 1. The minimum Gasteiger partial charge on any atom is -0.497 e. The molecule has 2 aromatic carbocycles. The molecule has 0 spiro atoms. The minimum atomic E-state index is -0.649. The van der Waals surface area contributed by atoms with E-state index < -0.39 is 6.04 Å². The van der Waals surface area contributed by atoms with Crippen molar-refractivity contribution in [2.24, 2.45) is 5.73 Å². The summed E-state index contributed by atoms with van der Waals surface area (Å²) in [7, 11) is 1.62. The normalized spacial score (nSPS) is 11.2. The van der Waals surface area contributed by atoms with Gasteiger partial charge in [-0.2, -0.15) is 0 Å². The molecule has 2 N–H and O–H groups in total. The molecule has 0 radical (unpaired) electrons. The van der Waals surface area contributed by atoms with E-state index in [0.29, 0.717) is 19.4 Å². The molecule has 5 heteroatoms. The third-order valence-electron chi connectivity index (χ3n) is 3.40. The van der Waals surface area contributed by atoms with E-state index in [1.807, 2.05) is 54.6 Å². The van der Waals surface area contributed by atoms with Crippen LogP contribution in [-0.4, -0.2) is 25.7 Å². The van der Waals surface area contributed by atoms with Gasteiger partial charge in [0, 0.05) is 6.42 Å². The van der Waals surface area contributed by atoms with Crippen LogP contribution >= 0.6 is 12.4 Å². The van der Waals surface area contributed by atoms with Crippen molar-refractivity contribution in [1.29, 1.82) is 0 Å². The van der Waals surface area contributed by atoms with Crippen LogP contribution in [0, 0.1) is 0 Å². The minimum absolute atomic E-state index is 0. The summed E-state index contributed by atoms with van der Waals surface area (Å²) in [5, 5.41) is 0. The first-order valence-electron chi connectivity index (χ1n) is 7.28. The summed E-state index contributed by atoms with van der Waals surface area (Å²) in [5.74, 6) is 0.412. The van der Waals surface area contributed by atoms with Crippen molar-refractivity contribution in [3.63, 3.8) is 0 Å². The number of benzene rings is 2. The van der Waals surface area contributed by atoms with Crippen LogP contribution in [0.2, 0.25) is 0 Å². The molecule has 0 saturated heterocycles. The number of carbonyl (C=O) groups excluding carboxylic acids is 1. The molecule has 0 amide bonds. The summed E-state index contributed by atoms with van der Waals surface area (Å²) in [5.41, 5.74) is 8.01. The lowest BCUT2D eigenvalue weighted by Gasteiger charge is -2.12. The van der Waals surface area contributed by atoms with Gasteiger partial charge in [-0.3, -0.25) is 4.79 Å². The highest BCUT2D eigenvalue weighted by Crippen LogP contribution is 2.12. The molecule has 1 unspecified atom stereocenters. The molecule has 0 bridgehead atoms. The average Bonchev–Trinajstić information content (AvgIpc) is 2.56. The number of hydrogen-bond acceptors (Lipinski definition) is 4. The van der Waals surface area contributed by atoms with Crippen LogP contribution < -0.4 is 10.5 Å². The first kappa shape index (κ1) is 19.0. The molecule has 0 aliphatic heterocycles. The van der Waals surface area contributed by atoms with Gasteiger partial charge < -0.3 is 15.2 Å². The van der Waals surface area contributed by atoms with Crippen molar-refractivity contribution in [2.45, 2.75) is 18.9 Å². The quantitative estimate of drug-likeness (QED) is 0.790. The number of halogens is 1. The highest BCUT2D eigenvalue weighted by atomic mass is 35.5. The Balaban J connectivity index is 0.00000264. The lowest BCUT2D eigenvalue weighted by atomic mass is 10.1. The van der Waals surface area contributed by atoms with Gasteiger partial charge in [0.15, 0.2) is 0 Å². The molecule has 2 aromatic rings. The largest absolute Gasteiger partial charge is 0.497 e. The first-order valence-corrected chi connectivity index (χ1v) is 7.28. The van der Waals surface area contributed by atoms with Crippen molar-refractivity contribution < 1.29 is 14.3 Å². The van der Waals surface area contributed by atoms with Crippen molar-refractivity contribution in [3.05, 3.63) is 65.7 Å². The highest BCUT2D eigenvalue weighted by molar-refractivity contribution is 5.85. The van der Waals surface area contributed by atoms with Gasteiger partial charge in [0.2, 0.25) is 0 Å². The third-order valence-corrected chi connectivity index (χ3v) is 3.40. The molecule has 0 aliphatic carbocycles. The van der Waals surface area contributed by atoms with E-state index in [2.05, 4.69) is 0 Å². The highest BCUT2D eigenvalue weighted by Gasteiger charge is 2.15. The second-order valence-corrected chi connectivity index (χ2v) is 5.06. The fraction of sp³-hybridized carbons (Fsp3) is 0.278. The molecule has 124 valence electrons. The Morgan fingerprint density at radius 3 is 2.30 bits per heavy atom. The van der Waals surface area contributed by atoms with Crippen molar-refractivity contribution in [3.8, 4) is 5.75 Å². The molecule has 4 nitrogen and oxygen atoms in total. The predicted octanol–water partition coefficient (Wildman–Crippen LogP) is 2.77. The zero-order valence-corrected chi connectivity index (χ0v) is 13.9. The molecule has 0 aliphatic rings. The Morgan fingerprint density at radius 1 is 1.04 bits per heavy atom. The Hall–Kier alpha value is -2.04. The number of esters is 1. The molecule has 0 saturated carbocycles. The molecular weight excluding hydrogens is 314 g/mol. The SMILES string of the molecule is COc1ccc(CC(N)C(=O)OCCc2ccccc2)cc1.Cl. The maximum absolute atomic E-state index is 11.9. The maximum atomic E-state index is 11.9. The second kappa shape index (κ2) is 9.87. The van der Waals surface area contributed by atoms with Crippen LogP contribution in [0.1, 0.15) is 11.1 Å². The lowest BCUT2D eigenvalue weighted by molar-refractivity contribution is -0.145. The molecule has 0 fully saturated rings. The van der Waals surface area contributed by atoms with E-state index in [1.54, 1.807) is 7.11 Å². The maximum Gasteiger partial charge on any atom is 0.323 e. The second-order valence-electron chi connectivity index (χ2n) is 5.06. The summed E-state index contributed by atoms with van der Waals surface area (Å²) >= 11 is 0. The molecule has 0 aromatic heterocycles. The van der Waals surface area contributed by atoms with Crippen LogP contribution in [0.25, 0.3) is 0 Å². The van der Waals surface area contributed by atoms with Gasteiger partial charge in [0.05, 0.1) is 13.7 Å². The number of hydrogen-bond donors (Lipinski definition) is 1. The van der Waals surface area contributed by atoms with Crippen LogP contribution in [-0.2, 0) is 22.4 Å². The number of nitrogens with two attached hydrogens (primary N) is 1. The summed E-state index contributed by atoms with van der Waals surface area (Å²) in [4.78, 5) is 11.9. The van der Waals surface area contributed by atoms with Gasteiger partial charge >= 0.3 is 5.97 Å². The van der Waals surface area contributed by atoms with Crippen molar-refractivity contribution in [1.82, 2.24) is 0 Å². The number of rotatable bonds is 7. The van der Waals surface area contributed by atoms with E-state index in [0.717, 1.165) is 16.9 Å². The Bertz CT molecular complexity index is 587. The van der Waals surface area contributed by atoms with Gasteiger partial charge in [-0.15, -0.1) is 12.4 Å². The average molecular weight is 336 g/mol. The molecule has 1 atom stereocenters. The smallest absolute Gasteiger partial charge is 0.323 e. The summed E-state index contributed by atoms with van der Waals surface area (Å²) in [6.07, 6.45) is 1.15.